The molecule has 0 aromatic rings. The van der Waals surface area contributed by atoms with Crippen molar-refractivity contribution in [3.8, 4) is 0 Å². The van der Waals surface area contributed by atoms with Crippen LogP contribution in [0.3, 0.4) is 0 Å². The Kier molecular flexibility index (Phi) is 2.63. The van der Waals surface area contributed by atoms with Crippen LogP contribution in [-0.4, -0.2) is 42.4 Å². The number of likely N-dealkylation sites (tertiary alicyclic amines) is 1. The molecule has 0 spiro atoms. The van der Waals surface area contributed by atoms with Gasteiger partial charge in [-0.1, -0.05) is 0 Å². The molecule has 2 atom stereocenters. The van der Waals surface area contributed by atoms with E-state index in [1.807, 2.05) is 11.9 Å². The van der Waals surface area contributed by atoms with E-state index in [2.05, 4.69) is 0 Å². The predicted octanol–water partition coefficient (Wildman–Crippen LogP) is 0.411. The normalized spacial score (nSPS) is 37.5. The summed E-state index contributed by atoms with van der Waals surface area (Å²) >= 11 is 0. The van der Waals surface area contributed by atoms with Crippen LogP contribution >= 0.6 is 0 Å². The smallest absolute Gasteiger partial charge is 0.127 e. The quantitative estimate of drug-likeness (QED) is 0.536. The lowest BCUT2D eigenvalue weighted by atomic mass is 10.1. The Morgan fingerprint density at radius 2 is 2.00 bits per heavy atom. The van der Waals surface area contributed by atoms with Gasteiger partial charge in [-0.3, -0.25) is 0 Å². The summed E-state index contributed by atoms with van der Waals surface area (Å²) in [7, 11) is 1.95. The highest BCUT2D eigenvalue weighted by Gasteiger charge is 2.22. The number of aliphatic hydroxyl groups excluding tert-OH is 1. The third kappa shape index (κ3) is 1.92. The number of halogens is 1. The van der Waals surface area contributed by atoms with Crippen LogP contribution in [0.15, 0.2) is 0 Å². The Balaban J connectivity index is 2.38. The molecule has 10 heavy (non-hydrogen) atoms. The standard InChI is InChI=1S/C7H14FNO/c1-9-4-2-6(8)7(10)3-5-9/h6-7,10H,2-5H2,1H3/t6-,7-/m0/s1. The summed E-state index contributed by atoms with van der Waals surface area (Å²) in [5, 5.41) is 9.07. The molecule has 0 unspecified atom stereocenters. The maximum atomic E-state index is 12.7. The third-order valence-electron chi connectivity index (χ3n) is 2.01. The molecule has 1 fully saturated rings. The van der Waals surface area contributed by atoms with Gasteiger partial charge in [-0.2, -0.15) is 0 Å². The van der Waals surface area contributed by atoms with Crippen molar-refractivity contribution in [3.05, 3.63) is 0 Å². The zero-order valence-corrected chi connectivity index (χ0v) is 6.26. The highest BCUT2D eigenvalue weighted by atomic mass is 19.1. The van der Waals surface area contributed by atoms with E-state index < -0.39 is 12.3 Å². The molecule has 0 aliphatic carbocycles. The number of rotatable bonds is 0. The van der Waals surface area contributed by atoms with E-state index in [-0.39, 0.29) is 0 Å². The third-order valence-corrected chi connectivity index (χ3v) is 2.01. The SMILES string of the molecule is CN1CC[C@H](O)[C@@H](F)CC1. The van der Waals surface area contributed by atoms with Crippen LogP contribution in [0.5, 0.6) is 0 Å². The Morgan fingerprint density at radius 3 is 2.70 bits per heavy atom. The molecule has 0 aromatic heterocycles. The van der Waals surface area contributed by atoms with Crippen LogP contribution in [0.1, 0.15) is 12.8 Å². The van der Waals surface area contributed by atoms with Gasteiger partial charge in [0.1, 0.15) is 6.17 Å². The zero-order valence-electron chi connectivity index (χ0n) is 6.26. The molecular weight excluding hydrogens is 133 g/mol. The minimum absolute atomic E-state index is 0.470. The van der Waals surface area contributed by atoms with E-state index in [1.54, 1.807) is 0 Å². The van der Waals surface area contributed by atoms with Gasteiger partial charge in [0.15, 0.2) is 0 Å². The molecule has 2 nitrogen and oxygen atoms in total. The maximum absolute atomic E-state index is 12.7. The lowest BCUT2D eigenvalue weighted by Gasteiger charge is -2.10. The van der Waals surface area contributed by atoms with Gasteiger partial charge in [0.25, 0.3) is 0 Å². The van der Waals surface area contributed by atoms with E-state index in [0.717, 1.165) is 13.1 Å². The number of hydrogen-bond donors (Lipinski definition) is 1. The number of hydrogen-bond acceptors (Lipinski definition) is 2. The second-order valence-corrected chi connectivity index (χ2v) is 2.96. The molecule has 0 amide bonds. The minimum atomic E-state index is -1.01. The fourth-order valence-corrected chi connectivity index (χ4v) is 1.18. The van der Waals surface area contributed by atoms with Crippen molar-refractivity contribution in [1.29, 1.82) is 0 Å². The summed E-state index contributed by atoms with van der Waals surface area (Å²) in [6, 6.07) is 0. The topological polar surface area (TPSA) is 23.5 Å². The molecule has 0 saturated carbocycles. The largest absolute Gasteiger partial charge is 0.390 e. The van der Waals surface area contributed by atoms with Crippen molar-refractivity contribution in [1.82, 2.24) is 4.90 Å². The number of aliphatic hydroxyl groups is 1. The summed E-state index contributed by atoms with van der Waals surface area (Å²) in [5.41, 5.74) is 0. The minimum Gasteiger partial charge on any atom is -0.390 e. The second kappa shape index (κ2) is 3.30. The molecule has 1 saturated heterocycles. The van der Waals surface area contributed by atoms with Crippen LogP contribution in [-0.2, 0) is 0 Å². The van der Waals surface area contributed by atoms with Crippen molar-refractivity contribution in [2.75, 3.05) is 20.1 Å². The molecule has 0 bridgehead atoms. The summed E-state index contributed by atoms with van der Waals surface area (Å²) in [4.78, 5) is 2.04. The van der Waals surface area contributed by atoms with Gasteiger partial charge >= 0.3 is 0 Å². The zero-order chi connectivity index (χ0) is 7.56. The number of nitrogens with zero attached hydrogens (tertiary/aromatic N) is 1. The Labute approximate surface area is 60.6 Å². The Morgan fingerprint density at radius 1 is 1.40 bits per heavy atom. The maximum Gasteiger partial charge on any atom is 0.127 e. The van der Waals surface area contributed by atoms with Crippen molar-refractivity contribution in [3.63, 3.8) is 0 Å². The van der Waals surface area contributed by atoms with E-state index in [0.29, 0.717) is 12.8 Å². The first-order chi connectivity index (χ1) is 4.70. The molecule has 3 heteroatoms. The number of alkyl halides is 1. The fourth-order valence-electron chi connectivity index (χ4n) is 1.18. The van der Waals surface area contributed by atoms with Gasteiger partial charge in [0, 0.05) is 13.1 Å². The summed E-state index contributed by atoms with van der Waals surface area (Å²) in [6.45, 7) is 1.57. The van der Waals surface area contributed by atoms with Crippen molar-refractivity contribution in [2.45, 2.75) is 25.1 Å². The molecule has 1 rings (SSSR count). The summed E-state index contributed by atoms with van der Waals surface area (Å²) < 4.78 is 12.7. The van der Waals surface area contributed by atoms with Gasteiger partial charge in [-0.25, -0.2) is 4.39 Å². The monoisotopic (exact) mass is 147 g/mol. The first-order valence-corrected chi connectivity index (χ1v) is 3.71. The molecule has 1 aliphatic rings. The van der Waals surface area contributed by atoms with E-state index in [4.69, 9.17) is 5.11 Å². The lowest BCUT2D eigenvalue weighted by Crippen LogP contribution is -2.20. The van der Waals surface area contributed by atoms with Gasteiger partial charge in [-0.05, 0) is 19.9 Å². The molecule has 1 N–H and O–H groups in total. The van der Waals surface area contributed by atoms with Crippen LogP contribution in [0.2, 0.25) is 0 Å². The molecule has 1 heterocycles. The van der Waals surface area contributed by atoms with Crippen molar-refractivity contribution >= 4 is 0 Å². The molecule has 0 aromatic carbocycles. The van der Waals surface area contributed by atoms with Crippen LogP contribution in [0.4, 0.5) is 4.39 Å². The fraction of sp³-hybridized carbons (Fsp3) is 1.00. The van der Waals surface area contributed by atoms with E-state index >= 15 is 0 Å². The average Bonchev–Trinajstić information content (AvgIpc) is 2.04. The Hall–Kier alpha value is -0.150. The summed E-state index contributed by atoms with van der Waals surface area (Å²) in [6.07, 6.45) is -0.704. The van der Waals surface area contributed by atoms with Crippen LogP contribution in [0, 0.1) is 0 Å². The van der Waals surface area contributed by atoms with Gasteiger partial charge in [-0.15, -0.1) is 0 Å². The molecule has 1 aliphatic heterocycles. The van der Waals surface area contributed by atoms with E-state index in [1.165, 1.54) is 0 Å². The van der Waals surface area contributed by atoms with Crippen LogP contribution < -0.4 is 0 Å². The second-order valence-electron chi connectivity index (χ2n) is 2.96. The molecule has 60 valence electrons. The van der Waals surface area contributed by atoms with Gasteiger partial charge < -0.3 is 10.0 Å². The molecular formula is C7H14FNO. The van der Waals surface area contributed by atoms with Crippen molar-refractivity contribution < 1.29 is 9.50 Å². The first-order valence-electron chi connectivity index (χ1n) is 3.71. The predicted molar refractivity (Wildman–Crippen MR) is 37.6 cm³/mol. The van der Waals surface area contributed by atoms with Gasteiger partial charge in [0.2, 0.25) is 0 Å². The van der Waals surface area contributed by atoms with Crippen molar-refractivity contribution in [2.24, 2.45) is 0 Å². The van der Waals surface area contributed by atoms with Crippen LogP contribution in [0.25, 0.3) is 0 Å². The highest BCUT2D eigenvalue weighted by Crippen LogP contribution is 2.12. The summed E-state index contributed by atoms with van der Waals surface area (Å²) in [5.74, 6) is 0. The van der Waals surface area contributed by atoms with Gasteiger partial charge in [0.05, 0.1) is 6.10 Å². The van der Waals surface area contributed by atoms with E-state index in [9.17, 15) is 4.39 Å². The Bertz CT molecular complexity index is 97.8. The average molecular weight is 147 g/mol. The lowest BCUT2D eigenvalue weighted by molar-refractivity contribution is 0.0756. The molecule has 0 radical (unpaired) electrons. The first kappa shape index (κ1) is 7.95. The highest BCUT2D eigenvalue weighted by molar-refractivity contribution is 4.74.